The highest BCUT2D eigenvalue weighted by Crippen LogP contribution is 2.45. The van der Waals surface area contributed by atoms with Gasteiger partial charge in [0.25, 0.3) is 0 Å². The van der Waals surface area contributed by atoms with Gasteiger partial charge in [-0.05, 0) is 0 Å². The minimum absolute atomic E-state index is 0.389. The molecule has 11 heavy (non-hydrogen) atoms. The summed E-state index contributed by atoms with van der Waals surface area (Å²) in [5, 5.41) is 34.9. The van der Waals surface area contributed by atoms with E-state index in [2.05, 4.69) is 0 Å². The van der Waals surface area contributed by atoms with Gasteiger partial charge in [-0.1, -0.05) is 11.6 Å². The molecule has 0 aliphatic rings. The molecule has 1 aromatic carbocycles. The summed E-state index contributed by atoms with van der Waals surface area (Å²) >= 11 is 5.28. The lowest BCUT2D eigenvalue weighted by Crippen LogP contribution is -1.74. The van der Waals surface area contributed by atoms with Gasteiger partial charge in [-0.2, -0.15) is 0 Å². The molecular formula is C6H5ClO4. The molecule has 0 fully saturated rings. The van der Waals surface area contributed by atoms with Gasteiger partial charge in [0.15, 0.2) is 11.5 Å². The van der Waals surface area contributed by atoms with E-state index in [9.17, 15) is 0 Å². The van der Waals surface area contributed by atoms with E-state index in [0.29, 0.717) is 0 Å². The average molecular weight is 177 g/mol. The van der Waals surface area contributed by atoms with Gasteiger partial charge in [0, 0.05) is 6.07 Å². The van der Waals surface area contributed by atoms with E-state index in [0.717, 1.165) is 6.07 Å². The second kappa shape index (κ2) is 2.39. The Bertz CT molecular complexity index is 271. The van der Waals surface area contributed by atoms with Crippen LogP contribution in [0.25, 0.3) is 0 Å². The Morgan fingerprint density at radius 2 is 1.45 bits per heavy atom. The summed E-state index contributed by atoms with van der Waals surface area (Å²) in [5.74, 6) is -2.58. The lowest BCUT2D eigenvalue weighted by atomic mass is 10.3. The Morgan fingerprint density at radius 3 is 2.00 bits per heavy atom. The maximum atomic E-state index is 8.87. The summed E-state index contributed by atoms with van der Waals surface area (Å²) in [7, 11) is 0. The number of aromatic hydroxyl groups is 4. The van der Waals surface area contributed by atoms with Crippen LogP contribution in [0.1, 0.15) is 0 Å². The third-order valence-corrected chi connectivity index (χ3v) is 1.55. The molecule has 1 rings (SSSR count). The Labute approximate surface area is 66.9 Å². The van der Waals surface area contributed by atoms with Gasteiger partial charge in [0.05, 0.1) is 0 Å². The number of benzene rings is 1. The van der Waals surface area contributed by atoms with Gasteiger partial charge in [-0.15, -0.1) is 0 Å². The smallest absolute Gasteiger partial charge is 0.202 e. The monoisotopic (exact) mass is 176 g/mol. The molecule has 0 amide bonds. The first-order valence-corrected chi connectivity index (χ1v) is 3.04. The van der Waals surface area contributed by atoms with E-state index in [4.69, 9.17) is 32.0 Å². The minimum Gasteiger partial charge on any atom is -0.506 e. The second-order valence-electron chi connectivity index (χ2n) is 1.93. The van der Waals surface area contributed by atoms with Crippen LogP contribution in [0.4, 0.5) is 0 Å². The van der Waals surface area contributed by atoms with Gasteiger partial charge in [-0.25, -0.2) is 0 Å². The number of hydrogen-bond donors (Lipinski definition) is 4. The van der Waals surface area contributed by atoms with Gasteiger partial charge in [0.1, 0.15) is 10.8 Å². The molecule has 0 spiro atoms. The molecular weight excluding hydrogens is 172 g/mol. The van der Waals surface area contributed by atoms with Gasteiger partial charge >= 0.3 is 0 Å². The van der Waals surface area contributed by atoms with Crippen LogP contribution < -0.4 is 0 Å². The van der Waals surface area contributed by atoms with Crippen LogP contribution in [0.15, 0.2) is 6.07 Å². The quantitative estimate of drug-likeness (QED) is 0.353. The predicted octanol–water partition coefficient (Wildman–Crippen LogP) is 1.16. The molecule has 0 atom stereocenters. The third-order valence-electron chi connectivity index (χ3n) is 1.17. The van der Waals surface area contributed by atoms with E-state index >= 15 is 0 Å². The van der Waals surface area contributed by atoms with Gasteiger partial charge < -0.3 is 20.4 Å². The van der Waals surface area contributed by atoms with Crippen molar-refractivity contribution >= 4 is 11.6 Å². The molecule has 0 radical (unpaired) electrons. The van der Waals surface area contributed by atoms with Crippen LogP contribution in [0.5, 0.6) is 23.0 Å². The summed E-state index contributed by atoms with van der Waals surface area (Å²) in [4.78, 5) is 0. The van der Waals surface area contributed by atoms with Crippen LogP contribution in [0.2, 0.25) is 5.02 Å². The number of hydrogen-bond acceptors (Lipinski definition) is 4. The standard InChI is InChI=1S/C6H5ClO4/c7-4-2(8)1-3(9)5(10)6(4)11/h1,8-11H. The highest BCUT2D eigenvalue weighted by atomic mass is 35.5. The molecule has 4 N–H and O–H groups in total. The topological polar surface area (TPSA) is 80.9 Å². The van der Waals surface area contributed by atoms with Crippen molar-refractivity contribution in [3.05, 3.63) is 11.1 Å². The van der Waals surface area contributed by atoms with Crippen molar-refractivity contribution in [2.75, 3.05) is 0 Å². The van der Waals surface area contributed by atoms with Crippen molar-refractivity contribution in [1.29, 1.82) is 0 Å². The lowest BCUT2D eigenvalue weighted by Gasteiger charge is -2.03. The zero-order valence-electron chi connectivity index (χ0n) is 5.24. The zero-order valence-corrected chi connectivity index (χ0v) is 6.00. The molecule has 4 nitrogen and oxygen atoms in total. The van der Waals surface area contributed by atoms with E-state index in [1.165, 1.54) is 0 Å². The molecule has 0 saturated heterocycles. The van der Waals surface area contributed by atoms with E-state index in [-0.39, 0.29) is 5.02 Å². The summed E-state index contributed by atoms with van der Waals surface area (Å²) in [5.41, 5.74) is 0. The Hall–Kier alpha value is -1.29. The average Bonchev–Trinajstić information content (AvgIpc) is 1.97. The third kappa shape index (κ3) is 1.12. The largest absolute Gasteiger partial charge is 0.506 e. The van der Waals surface area contributed by atoms with Crippen molar-refractivity contribution in [2.24, 2.45) is 0 Å². The predicted molar refractivity (Wildman–Crippen MR) is 38.1 cm³/mol. The fourth-order valence-electron chi connectivity index (χ4n) is 0.608. The normalized spacial score (nSPS) is 9.91. The van der Waals surface area contributed by atoms with Crippen LogP contribution in [-0.4, -0.2) is 20.4 Å². The molecule has 0 bridgehead atoms. The minimum atomic E-state index is -0.743. The van der Waals surface area contributed by atoms with E-state index in [1.807, 2.05) is 0 Å². The highest BCUT2D eigenvalue weighted by molar-refractivity contribution is 6.33. The summed E-state index contributed by atoms with van der Waals surface area (Å²) < 4.78 is 0. The molecule has 0 heterocycles. The summed E-state index contributed by atoms with van der Waals surface area (Å²) in [6.45, 7) is 0. The first-order chi connectivity index (χ1) is 5.04. The van der Waals surface area contributed by atoms with Crippen molar-refractivity contribution in [3.63, 3.8) is 0 Å². The number of phenolic OH excluding ortho intramolecular Hbond substituents is 4. The highest BCUT2D eigenvalue weighted by Gasteiger charge is 2.13. The molecule has 0 aromatic heterocycles. The van der Waals surface area contributed by atoms with E-state index < -0.39 is 23.0 Å². The van der Waals surface area contributed by atoms with Gasteiger partial charge in [0.2, 0.25) is 5.75 Å². The van der Waals surface area contributed by atoms with Crippen LogP contribution in [0, 0.1) is 0 Å². The van der Waals surface area contributed by atoms with Crippen LogP contribution in [-0.2, 0) is 0 Å². The number of phenols is 4. The maximum Gasteiger partial charge on any atom is 0.202 e. The summed E-state index contributed by atoms with van der Waals surface area (Å²) in [6.07, 6.45) is 0. The van der Waals surface area contributed by atoms with E-state index in [1.54, 1.807) is 0 Å². The van der Waals surface area contributed by atoms with Crippen molar-refractivity contribution < 1.29 is 20.4 Å². The molecule has 60 valence electrons. The SMILES string of the molecule is Oc1cc(O)c(Cl)c(O)c1O. The zero-order chi connectivity index (χ0) is 8.59. The molecule has 0 saturated carbocycles. The maximum absolute atomic E-state index is 8.87. The van der Waals surface area contributed by atoms with Gasteiger partial charge in [-0.3, -0.25) is 0 Å². The van der Waals surface area contributed by atoms with Crippen LogP contribution >= 0.6 is 11.6 Å². The van der Waals surface area contributed by atoms with Crippen LogP contribution in [0.3, 0.4) is 0 Å². The molecule has 0 aliphatic heterocycles. The lowest BCUT2D eigenvalue weighted by molar-refractivity contribution is 0.361. The molecule has 0 aliphatic carbocycles. The Morgan fingerprint density at radius 1 is 0.909 bits per heavy atom. The van der Waals surface area contributed by atoms with Crippen molar-refractivity contribution in [3.8, 4) is 23.0 Å². The molecule has 0 unspecified atom stereocenters. The summed E-state index contributed by atoms with van der Waals surface area (Å²) in [6, 6.07) is 0.831. The number of halogens is 1. The first kappa shape index (κ1) is 7.81. The second-order valence-corrected chi connectivity index (χ2v) is 2.30. The Balaban J connectivity index is 3.46. The Kier molecular flexibility index (Phi) is 1.70. The molecule has 5 heteroatoms. The first-order valence-electron chi connectivity index (χ1n) is 2.66. The van der Waals surface area contributed by atoms with Crippen molar-refractivity contribution in [2.45, 2.75) is 0 Å². The fraction of sp³-hybridized carbons (Fsp3) is 0. The molecule has 1 aromatic rings. The number of rotatable bonds is 0. The van der Waals surface area contributed by atoms with Crippen molar-refractivity contribution in [1.82, 2.24) is 0 Å². The fourth-order valence-corrected chi connectivity index (χ4v) is 0.752.